The van der Waals surface area contributed by atoms with Gasteiger partial charge >= 0.3 is 12.1 Å². The Bertz CT molecular complexity index is 413. The number of hydrogen-bond acceptors (Lipinski definition) is 4. The number of carbonyl (C=O) groups excluding carboxylic acids is 1. The fourth-order valence-electron chi connectivity index (χ4n) is 1.14. The average molecular weight is 250 g/mol. The van der Waals surface area contributed by atoms with Crippen LogP contribution < -0.4 is 5.48 Å². The maximum Gasteiger partial charge on any atom is 0.414 e. The van der Waals surface area contributed by atoms with Gasteiger partial charge in [-0.2, -0.15) is 13.2 Å². The van der Waals surface area contributed by atoms with Crippen LogP contribution in [0.3, 0.4) is 0 Å². The van der Waals surface area contributed by atoms with Crippen LogP contribution in [-0.2, 0) is 4.84 Å². The molecule has 0 aliphatic heterocycles. The van der Waals surface area contributed by atoms with E-state index in [1.54, 1.807) is 5.48 Å². The summed E-state index contributed by atoms with van der Waals surface area (Å²) in [6, 6.07) is 0. The molecule has 0 aromatic carbocycles. The number of carbonyl (C=O) groups is 1. The molecular weight excluding hydrogens is 241 g/mol. The summed E-state index contributed by atoms with van der Waals surface area (Å²) in [6.45, 7) is -1.56. The third-order valence-corrected chi connectivity index (χ3v) is 2.07. The monoisotopic (exact) mass is 250 g/mol. The number of nitrogens with one attached hydrogen (secondary N) is 2. The first-order valence-corrected chi connectivity index (χ1v) is 4.87. The van der Waals surface area contributed by atoms with E-state index in [2.05, 4.69) is 20.0 Å². The Morgan fingerprint density at radius 1 is 1.53 bits per heavy atom. The van der Waals surface area contributed by atoms with Gasteiger partial charge in [-0.05, 0) is 12.8 Å². The number of hydrogen-bond donors (Lipinski definition) is 2. The quantitative estimate of drug-likeness (QED) is 0.778. The van der Waals surface area contributed by atoms with E-state index in [9.17, 15) is 18.0 Å². The van der Waals surface area contributed by atoms with Crippen molar-refractivity contribution in [2.24, 2.45) is 0 Å². The average Bonchev–Trinajstić information content (AvgIpc) is 2.94. The third-order valence-electron chi connectivity index (χ3n) is 2.07. The lowest BCUT2D eigenvalue weighted by molar-refractivity contribution is -0.184. The van der Waals surface area contributed by atoms with E-state index in [1.807, 2.05) is 0 Å². The third kappa shape index (κ3) is 3.41. The SMILES string of the molecule is O=C(NOCC(F)(F)F)c1n[nH]c(C2CC2)n1. The van der Waals surface area contributed by atoms with E-state index >= 15 is 0 Å². The van der Waals surface area contributed by atoms with Crippen molar-refractivity contribution in [2.75, 3.05) is 6.61 Å². The zero-order valence-corrected chi connectivity index (χ0v) is 8.54. The Morgan fingerprint density at radius 2 is 2.24 bits per heavy atom. The molecule has 0 bridgehead atoms. The molecule has 1 aliphatic carbocycles. The summed E-state index contributed by atoms with van der Waals surface area (Å²) in [6.07, 6.45) is -2.55. The Kier molecular flexibility index (Phi) is 3.01. The molecule has 1 saturated carbocycles. The number of hydroxylamine groups is 1. The minimum absolute atomic E-state index is 0.228. The van der Waals surface area contributed by atoms with Gasteiger partial charge in [0.1, 0.15) is 5.82 Å². The van der Waals surface area contributed by atoms with Gasteiger partial charge in [0.2, 0.25) is 5.82 Å². The summed E-state index contributed by atoms with van der Waals surface area (Å²) in [5.74, 6) is -0.280. The van der Waals surface area contributed by atoms with Crippen LogP contribution in [0.1, 0.15) is 35.2 Å². The molecule has 1 amide bonds. The Morgan fingerprint density at radius 3 is 2.82 bits per heavy atom. The highest BCUT2D eigenvalue weighted by atomic mass is 19.4. The van der Waals surface area contributed by atoms with E-state index in [0.29, 0.717) is 5.82 Å². The predicted molar refractivity (Wildman–Crippen MR) is 47.8 cm³/mol. The summed E-state index contributed by atoms with van der Waals surface area (Å²) >= 11 is 0. The maximum absolute atomic E-state index is 11.7. The van der Waals surface area contributed by atoms with Crippen LogP contribution in [0, 0.1) is 0 Å². The lowest BCUT2D eigenvalue weighted by atomic mass is 10.4. The second kappa shape index (κ2) is 4.32. The first kappa shape index (κ1) is 11.8. The molecule has 2 N–H and O–H groups in total. The molecule has 1 fully saturated rings. The number of rotatable bonds is 4. The number of alkyl halides is 3. The van der Waals surface area contributed by atoms with Crippen molar-refractivity contribution in [1.82, 2.24) is 20.7 Å². The number of aromatic nitrogens is 3. The van der Waals surface area contributed by atoms with Crippen molar-refractivity contribution in [3.8, 4) is 0 Å². The van der Waals surface area contributed by atoms with Crippen LogP contribution in [0.4, 0.5) is 13.2 Å². The Hall–Kier alpha value is -1.64. The highest BCUT2D eigenvalue weighted by molar-refractivity contribution is 5.89. The fraction of sp³-hybridized carbons (Fsp3) is 0.625. The molecule has 1 aromatic heterocycles. The van der Waals surface area contributed by atoms with Crippen molar-refractivity contribution in [3.63, 3.8) is 0 Å². The van der Waals surface area contributed by atoms with Gasteiger partial charge in [-0.15, -0.1) is 5.10 Å². The van der Waals surface area contributed by atoms with Gasteiger partial charge in [0.25, 0.3) is 0 Å². The second-order valence-electron chi connectivity index (χ2n) is 3.65. The molecule has 1 heterocycles. The molecule has 2 rings (SSSR count). The van der Waals surface area contributed by atoms with Crippen molar-refractivity contribution < 1.29 is 22.8 Å². The summed E-state index contributed by atoms with van der Waals surface area (Å²) in [4.78, 5) is 19.1. The lowest BCUT2D eigenvalue weighted by Crippen LogP contribution is -2.30. The van der Waals surface area contributed by atoms with Crippen LogP contribution in [0.5, 0.6) is 0 Å². The highest BCUT2D eigenvalue weighted by Gasteiger charge is 2.30. The van der Waals surface area contributed by atoms with Gasteiger partial charge in [0, 0.05) is 5.92 Å². The van der Waals surface area contributed by atoms with Crippen molar-refractivity contribution in [1.29, 1.82) is 0 Å². The molecule has 94 valence electrons. The number of H-pyrrole nitrogens is 1. The molecule has 6 nitrogen and oxygen atoms in total. The van der Waals surface area contributed by atoms with E-state index in [-0.39, 0.29) is 11.7 Å². The molecule has 17 heavy (non-hydrogen) atoms. The lowest BCUT2D eigenvalue weighted by Gasteiger charge is -2.06. The van der Waals surface area contributed by atoms with E-state index in [0.717, 1.165) is 12.8 Å². The van der Waals surface area contributed by atoms with Crippen molar-refractivity contribution in [2.45, 2.75) is 24.9 Å². The van der Waals surface area contributed by atoms with Gasteiger partial charge in [0.15, 0.2) is 6.61 Å². The topological polar surface area (TPSA) is 79.9 Å². The molecular formula is C8H9F3N4O2. The largest absolute Gasteiger partial charge is 0.414 e. The van der Waals surface area contributed by atoms with Crippen molar-refractivity contribution in [3.05, 3.63) is 11.6 Å². The fourth-order valence-corrected chi connectivity index (χ4v) is 1.14. The highest BCUT2D eigenvalue weighted by Crippen LogP contribution is 2.37. The van der Waals surface area contributed by atoms with Gasteiger partial charge in [-0.3, -0.25) is 14.7 Å². The Balaban J connectivity index is 1.82. The summed E-state index contributed by atoms with van der Waals surface area (Å²) in [5.41, 5.74) is 1.62. The first-order valence-electron chi connectivity index (χ1n) is 4.87. The number of aromatic amines is 1. The van der Waals surface area contributed by atoms with E-state index < -0.39 is 18.7 Å². The summed E-state index contributed by atoms with van der Waals surface area (Å²) in [5, 5.41) is 6.14. The van der Waals surface area contributed by atoms with Gasteiger partial charge < -0.3 is 0 Å². The number of nitrogens with zero attached hydrogens (tertiary/aromatic N) is 2. The minimum Gasteiger partial charge on any atom is -0.264 e. The summed E-state index contributed by atoms with van der Waals surface area (Å²) in [7, 11) is 0. The van der Waals surface area contributed by atoms with Gasteiger partial charge in [-0.25, -0.2) is 10.5 Å². The molecule has 0 spiro atoms. The predicted octanol–water partition coefficient (Wildman–Crippen LogP) is 0.906. The number of amides is 1. The van der Waals surface area contributed by atoms with Crippen LogP contribution in [0.25, 0.3) is 0 Å². The molecule has 1 aromatic rings. The number of halogens is 3. The van der Waals surface area contributed by atoms with Crippen LogP contribution in [0.2, 0.25) is 0 Å². The maximum atomic E-state index is 11.7. The molecule has 9 heteroatoms. The molecule has 1 aliphatic rings. The standard InChI is InChI=1S/C8H9F3N4O2/c9-8(10,11)3-17-15-7(16)6-12-5(13-14-6)4-1-2-4/h4H,1-3H2,(H,15,16)(H,12,13,14). The normalized spacial score (nSPS) is 15.9. The molecule has 0 saturated heterocycles. The zero-order chi connectivity index (χ0) is 12.5. The van der Waals surface area contributed by atoms with Crippen LogP contribution in [0.15, 0.2) is 0 Å². The van der Waals surface area contributed by atoms with E-state index in [1.165, 1.54) is 0 Å². The van der Waals surface area contributed by atoms with Crippen molar-refractivity contribution >= 4 is 5.91 Å². The first-order chi connectivity index (χ1) is 7.96. The smallest absolute Gasteiger partial charge is 0.264 e. The second-order valence-corrected chi connectivity index (χ2v) is 3.65. The molecule has 0 unspecified atom stereocenters. The minimum atomic E-state index is -4.49. The Labute approximate surface area is 93.5 Å². The molecule has 0 radical (unpaired) electrons. The van der Waals surface area contributed by atoms with Crippen LogP contribution in [-0.4, -0.2) is 33.9 Å². The van der Waals surface area contributed by atoms with Gasteiger partial charge in [0.05, 0.1) is 0 Å². The van der Waals surface area contributed by atoms with E-state index in [4.69, 9.17) is 0 Å². The van der Waals surface area contributed by atoms with Gasteiger partial charge in [-0.1, -0.05) is 0 Å². The molecule has 0 atom stereocenters. The zero-order valence-electron chi connectivity index (χ0n) is 8.54. The summed E-state index contributed by atoms with van der Waals surface area (Å²) < 4.78 is 35.1. The van der Waals surface area contributed by atoms with Crippen LogP contribution >= 0.6 is 0 Å².